The summed E-state index contributed by atoms with van der Waals surface area (Å²) in [5.74, 6) is -1.28. The Morgan fingerprint density at radius 1 is 1.28 bits per heavy atom. The van der Waals surface area contributed by atoms with Gasteiger partial charge in [0.25, 0.3) is 5.92 Å². The van der Waals surface area contributed by atoms with E-state index in [0.717, 1.165) is 34.6 Å². The number of thioether (sulfide) groups is 1. The molecule has 3 aliphatic rings. The Bertz CT molecular complexity index is 1020. The van der Waals surface area contributed by atoms with Gasteiger partial charge in [0.05, 0.1) is 23.8 Å². The van der Waals surface area contributed by atoms with Gasteiger partial charge >= 0.3 is 0 Å². The van der Waals surface area contributed by atoms with Crippen LogP contribution >= 0.6 is 11.8 Å². The molecule has 170 valence electrons. The highest BCUT2D eigenvalue weighted by Gasteiger charge is 2.40. The van der Waals surface area contributed by atoms with Crippen LogP contribution in [0.1, 0.15) is 37.9 Å². The number of hydrogen-bond donors (Lipinski definition) is 2. The summed E-state index contributed by atoms with van der Waals surface area (Å²) in [4.78, 5) is 21.7. The van der Waals surface area contributed by atoms with E-state index in [1.165, 1.54) is 11.8 Å². The molecule has 1 aromatic carbocycles. The maximum atomic E-state index is 13.3. The molecule has 1 amide bonds. The van der Waals surface area contributed by atoms with Crippen molar-refractivity contribution < 1.29 is 23.0 Å². The van der Waals surface area contributed by atoms with Crippen molar-refractivity contribution in [3.8, 4) is 16.9 Å². The van der Waals surface area contributed by atoms with Crippen LogP contribution in [0.25, 0.3) is 11.1 Å². The van der Waals surface area contributed by atoms with Gasteiger partial charge < -0.3 is 20.1 Å². The minimum absolute atomic E-state index is 0.0783. The fraction of sp³-hybridized carbons (Fsp3) is 0.500. The first-order valence-corrected chi connectivity index (χ1v) is 11.5. The molecular weight excluding hydrogens is 438 g/mol. The van der Waals surface area contributed by atoms with Crippen molar-refractivity contribution in [2.45, 2.75) is 61.1 Å². The average Bonchev–Trinajstić information content (AvgIpc) is 3.47. The zero-order chi connectivity index (χ0) is 22.3. The first-order valence-electron chi connectivity index (χ1n) is 10.7. The van der Waals surface area contributed by atoms with Gasteiger partial charge in [0, 0.05) is 42.3 Å². The third-order valence-corrected chi connectivity index (χ3v) is 7.00. The van der Waals surface area contributed by atoms with Gasteiger partial charge in [-0.1, -0.05) is 11.8 Å². The maximum Gasteiger partial charge on any atom is 0.250 e. The number of hydrogen-bond acceptors (Lipinski definition) is 7. The summed E-state index contributed by atoms with van der Waals surface area (Å²) >= 11 is 1.50. The Labute approximate surface area is 188 Å². The highest BCUT2D eigenvalue weighted by molar-refractivity contribution is 8.00. The molecule has 5 rings (SSSR count). The van der Waals surface area contributed by atoms with Crippen LogP contribution < -0.4 is 15.4 Å². The molecule has 2 fully saturated rings. The Morgan fingerprint density at radius 2 is 2.06 bits per heavy atom. The van der Waals surface area contributed by atoms with Crippen molar-refractivity contribution in [3.05, 3.63) is 30.4 Å². The van der Waals surface area contributed by atoms with Crippen molar-refractivity contribution in [1.82, 2.24) is 15.3 Å². The quantitative estimate of drug-likeness (QED) is 0.638. The van der Waals surface area contributed by atoms with Gasteiger partial charge in [0.2, 0.25) is 5.91 Å². The van der Waals surface area contributed by atoms with Crippen molar-refractivity contribution in [1.29, 1.82) is 0 Å². The second-order valence-corrected chi connectivity index (χ2v) is 9.48. The minimum atomic E-state index is -2.63. The molecule has 2 N–H and O–H groups in total. The molecule has 0 spiro atoms. The molecule has 2 heterocycles. The molecule has 2 unspecified atom stereocenters. The van der Waals surface area contributed by atoms with Crippen LogP contribution in [0.5, 0.6) is 5.75 Å². The number of carbonyl (C=O) groups excluding carboxylic acids is 1. The van der Waals surface area contributed by atoms with E-state index < -0.39 is 12.0 Å². The molecule has 2 atom stereocenters. The molecule has 2 aromatic rings. The third kappa shape index (κ3) is 4.52. The van der Waals surface area contributed by atoms with Gasteiger partial charge in [-0.05, 0) is 31.4 Å². The number of nitrogens with one attached hydrogen (secondary N) is 2. The van der Waals surface area contributed by atoms with Crippen molar-refractivity contribution in [2.24, 2.45) is 5.92 Å². The fourth-order valence-corrected chi connectivity index (χ4v) is 5.13. The first-order chi connectivity index (χ1) is 15.4. The number of nitrogens with zero attached hydrogens (tertiary/aromatic N) is 2. The van der Waals surface area contributed by atoms with Gasteiger partial charge in [0.15, 0.2) is 11.3 Å². The number of halogens is 2. The van der Waals surface area contributed by atoms with E-state index in [0.29, 0.717) is 18.0 Å². The number of methoxy groups -OCH3 is 1. The topological polar surface area (TPSA) is 85.4 Å². The zero-order valence-corrected chi connectivity index (χ0v) is 18.4. The van der Waals surface area contributed by atoms with Crippen LogP contribution in [0, 0.1) is 5.92 Å². The lowest BCUT2D eigenvalue weighted by Gasteiger charge is -2.13. The Morgan fingerprint density at radius 3 is 2.72 bits per heavy atom. The summed E-state index contributed by atoms with van der Waals surface area (Å²) in [5, 5.41) is 6.33. The standard InChI is InChI=1S/C22H24F2N4O3S/c1-30-18-15(4-5-16-19(18)32-21(27-16)28-20(29)12-2-3-12)13-9-25-17(26-10-13)11-31-14-6-7-22(23,24)8-14/h4-5,9-10,12,14,21,27H,2-3,6-8,11H2,1H3,(H,28,29). The van der Waals surface area contributed by atoms with Crippen LogP contribution in [0.15, 0.2) is 29.4 Å². The van der Waals surface area contributed by atoms with Crippen molar-refractivity contribution in [2.75, 3.05) is 12.4 Å². The Balaban J connectivity index is 1.26. The predicted molar refractivity (Wildman–Crippen MR) is 116 cm³/mol. The van der Waals surface area contributed by atoms with Crippen LogP contribution in [0.3, 0.4) is 0 Å². The number of alkyl halides is 2. The lowest BCUT2D eigenvalue weighted by atomic mass is 10.1. The van der Waals surface area contributed by atoms with E-state index in [9.17, 15) is 13.6 Å². The molecule has 2 aliphatic carbocycles. The molecule has 2 saturated carbocycles. The summed E-state index contributed by atoms with van der Waals surface area (Å²) in [6, 6.07) is 3.87. The summed E-state index contributed by atoms with van der Waals surface area (Å²) in [5.41, 5.74) is 2.27. The molecule has 32 heavy (non-hydrogen) atoms. The Hall–Kier alpha value is -2.46. The largest absolute Gasteiger partial charge is 0.495 e. The SMILES string of the molecule is COc1c(-c2cnc(COC3CCC(F)(F)C3)nc2)ccc2c1SC(NC(=O)C1CC1)N2. The third-order valence-electron chi connectivity index (χ3n) is 5.88. The number of fused-ring (bicyclic) bond motifs is 1. The molecule has 7 nitrogen and oxygen atoms in total. The van der Waals surface area contributed by atoms with Gasteiger partial charge in [-0.3, -0.25) is 4.79 Å². The highest BCUT2D eigenvalue weighted by atomic mass is 32.2. The molecule has 10 heteroatoms. The van der Waals surface area contributed by atoms with E-state index in [2.05, 4.69) is 20.6 Å². The van der Waals surface area contributed by atoms with E-state index >= 15 is 0 Å². The number of ether oxygens (including phenoxy) is 2. The number of rotatable bonds is 7. The van der Waals surface area contributed by atoms with Crippen LogP contribution in [0.4, 0.5) is 14.5 Å². The maximum absolute atomic E-state index is 13.3. The van der Waals surface area contributed by atoms with Gasteiger partial charge in [-0.15, -0.1) is 0 Å². The summed E-state index contributed by atoms with van der Waals surface area (Å²) in [6.45, 7) is 0.102. The molecule has 0 radical (unpaired) electrons. The number of aromatic nitrogens is 2. The van der Waals surface area contributed by atoms with Crippen LogP contribution in [-0.4, -0.2) is 40.5 Å². The second-order valence-electron chi connectivity index (χ2n) is 8.37. The number of amides is 1. The molecule has 1 aromatic heterocycles. The smallest absolute Gasteiger partial charge is 0.250 e. The van der Waals surface area contributed by atoms with Crippen LogP contribution in [0.2, 0.25) is 0 Å². The van der Waals surface area contributed by atoms with E-state index in [-0.39, 0.29) is 36.8 Å². The van der Waals surface area contributed by atoms with Crippen molar-refractivity contribution in [3.63, 3.8) is 0 Å². The lowest BCUT2D eigenvalue weighted by Crippen LogP contribution is -2.36. The molecule has 0 bridgehead atoms. The lowest BCUT2D eigenvalue weighted by molar-refractivity contribution is -0.122. The molecular formula is C22H24F2N4O3S. The minimum Gasteiger partial charge on any atom is -0.495 e. The van der Waals surface area contributed by atoms with Gasteiger partial charge in [-0.25, -0.2) is 18.7 Å². The summed E-state index contributed by atoms with van der Waals surface area (Å²) in [6.07, 6.45) is 4.79. The Kier molecular flexibility index (Phi) is 5.66. The summed E-state index contributed by atoms with van der Waals surface area (Å²) < 4.78 is 37.9. The first kappa shape index (κ1) is 21.4. The van der Waals surface area contributed by atoms with Crippen LogP contribution in [-0.2, 0) is 16.1 Å². The van der Waals surface area contributed by atoms with E-state index in [1.54, 1.807) is 19.5 Å². The molecule has 0 saturated heterocycles. The fourth-order valence-electron chi connectivity index (χ4n) is 3.98. The monoisotopic (exact) mass is 462 g/mol. The number of benzene rings is 1. The van der Waals surface area contributed by atoms with E-state index in [4.69, 9.17) is 9.47 Å². The second kappa shape index (κ2) is 8.47. The average molecular weight is 463 g/mol. The number of anilines is 1. The number of carbonyl (C=O) groups is 1. The zero-order valence-electron chi connectivity index (χ0n) is 17.6. The van der Waals surface area contributed by atoms with E-state index in [1.807, 2.05) is 12.1 Å². The predicted octanol–water partition coefficient (Wildman–Crippen LogP) is 4.18. The normalized spacial score (nSPS) is 23.5. The summed E-state index contributed by atoms with van der Waals surface area (Å²) in [7, 11) is 1.61. The van der Waals surface area contributed by atoms with Gasteiger partial charge in [0.1, 0.15) is 12.4 Å². The van der Waals surface area contributed by atoms with Crippen molar-refractivity contribution >= 4 is 23.4 Å². The molecule has 1 aliphatic heterocycles. The highest BCUT2D eigenvalue weighted by Crippen LogP contribution is 2.48. The van der Waals surface area contributed by atoms with Gasteiger partial charge in [-0.2, -0.15) is 0 Å².